The van der Waals surface area contributed by atoms with E-state index in [2.05, 4.69) is 19.9 Å². The molecule has 0 saturated carbocycles. The van der Waals surface area contributed by atoms with Crippen LogP contribution in [-0.2, 0) is 0 Å². The van der Waals surface area contributed by atoms with Crippen molar-refractivity contribution in [3.05, 3.63) is 36.9 Å². The Balaban J connectivity index is 1.57. The standard InChI is InChI=1S/C14H17N5O/c15-13-9-17-10-14(18-13)19-6-3-11(4-7-19)20-12-2-1-5-16-8-12/h1-2,5,8-11H,3-4,6-7H2,(H2,15,18). The first-order valence-electron chi connectivity index (χ1n) is 6.70. The van der Waals surface area contributed by atoms with Crippen LogP contribution >= 0.6 is 0 Å². The Kier molecular flexibility index (Phi) is 3.62. The maximum Gasteiger partial charge on any atom is 0.149 e. The van der Waals surface area contributed by atoms with Crippen LogP contribution in [0.5, 0.6) is 5.75 Å². The highest BCUT2D eigenvalue weighted by Crippen LogP contribution is 2.21. The summed E-state index contributed by atoms with van der Waals surface area (Å²) in [5, 5.41) is 0. The Morgan fingerprint density at radius 3 is 2.70 bits per heavy atom. The Hall–Kier alpha value is -2.37. The van der Waals surface area contributed by atoms with E-state index in [0.717, 1.165) is 37.5 Å². The van der Waals surface area contributed by atoms with E-state index in [0.29, 0.717) is 5.82 Å². The van der Waals surface area contributed by atoms with Crippen LogP contribution in [0.1, 0.15) is 12.8 Å². The topological polar surface area (TPSA) is 77.2 Å². The molecule has 2 N–H and O–H groups in total. The molecule has 1 fully saturated rings. The van der Waals surface area contributed by atoms with Crippen LogP contribution in [0.2, 0.25) is 0 Å². The highest BCUT2D eigenvalue weighted by atomic mass is 16.5. The fourth-order valence-electron chi connectivity index (χ4n) is 2.33. The van der Waals surface area contributed by atoms with Crippen molar-refractivity contribution in [2.45, 2.75) is 18.9 Å². The Bertz CT molecular complexity index is 555. The minimum Gasteiger partial charge on any atom is -0.489 e. The van der Waals surface area contributed by atoms with Gasteiger partial charge in [-0.05, 0) is 12.1 Å². The van der Waals surface area contributed by atoms with Crippen LogP contribution in [0.4, 0.5) is 11.6 Å². The molecule has 0 unspecified atom stereocenters. The molecule has 6 heteroatoms. The number of aromatic nitrogens is 3. The third-order valence-corrected chi connectivity index (χ3v) is 3.34. The van der Waals surface area contributed by atoms with Crippen molar-refractivity contribution in [2.75, 3.05) is 23.7 Å². The first kappa shape index (κ1) is 12.7. The zero-order valence-electron chi connectivity index (χ0n) is 11.1. The molecule has 3 rings (SSSR count). The quantitative estimate of drug-likeness (QED) is 0.911. The van der Waals surface area contributed by atoms with Crippen molar-refractivity contribution < 1.29 is 4.74 Å². The van der Waals surface area contributed by atoms with Gasteiger partial charge in [0.15, 0.2) is 0 Å². The van der Waals surface area contributed by atoms with E-state index in [4.69, 9.17) is 10.5 Å². The molecule has 0 aliphatic carbocycles. The van der Waals surface area contributed by atoms with Gasteiger partial charge < -0.3 is 15.4 Å². The van der Waals surface area contributed by atoms with E-state index in [1.54, 1.807) is 24.8 Å². The number of hydrogen-bond donors (Lipinski definition) is 1. The van der Waals surface area contributed by atoms with Crippen LogP contribution < -0.4 is 15.4 Å². The predicted molar refractivity (Wildman–Crippen MR) is 76.5 cm³/mol. The molecule has 0 amide bonds. The predicted octanol–water partition coefficient (Wildman–Crippen LogP) is 1.50. The fourth-order valence-corrected chi connectivity index (χ4v) is 2.33. The van der Waals surface area contributed by atoms with Crippen molar-refractivity contribution in [1.82, 2.24) is 15.0 Å². The Morgan fingerprint density at radius 1 is 1.15 bits per heavy atom. The van der Waals surface area contributed by atoms with E-state index < -0.39 is 0 Å². The molecule has 104 valence electrons. The third kappa shape index (κ3) is 2.96. The average Bonchev–Trinajstić information content (AvgIpc) is 2.49. The van der Waals surface area contributed by atoms with Crippen LogP contribution in [0, 0.1) is 0 Å². The summed E-state index contributed by atoms with van der Waals surface area (Å²) in [6.07, 6.45) is 8.92. The van der Waals surface area contributed by atoms with Crippen molar-refractivity contribution in [3.8, 4) is 5.75 Å². The van der Waals surface area contributed by atoms with Crippen LogP contribution in [0.3, 0.4) is 0 Å². The van der Waals surface area contributed by atoms with Gasteiger partial charge >= 0.3 is 0 Å². The van der Waals surface area contributed by atoms with Gasteiger partial charge in [-0.15, -0.1) is 0 Å². The summed E-state index contributed by atoms with van der Waals surface area (Å²) >= 11 is 0. The zero-order chi connectivity index (χ0) is 13.8. The van der Waals surface area contributed by atoms with Gasteiger partial charge in [-0.1, -0.05) is 0 Å². The summed E-state index contributed by atoms with van der Waals surface area (Å²) in [4.78, 5) is 14.6. The van der Waals surface area contributed by atoms with E-state index in [-0.39, 0.29) is 6.10 Å². The van der Waals surface area contributed by atoms with Crippen LogP contribution in [0.25, 0.3) is 0 Å². The lowest BCUT2D eigenvalue weighted by molar-refractivity contribution is 0.170. The Labute approximate surface area is 117 Å². The summed E-state index contributed by atoms with van der Waals surface area (Å²) in [7, 11) is 0. The molecule has 0 bridgehead atoms. The molecule has 3 heterocycles. The number of anilines is 2. The number of piperidine rings is 1. The zero-order valence-corrected chi connectivity index (χ0v) is 11.1. The van der Waals surface area contributed by atoms with Crippen molar-refractivity contribution in [2.24, 2.45) is 0 Å². The molecule has 6 nitrogen and oxygen atoms in total. The minimum atomic E-state index is 0.226. The first-order valence-corrected chi connectivity index (χ1v) is 6.70. The molecule has 0 atom stereocenters. The minimum absolute atomic E-state index is 0.226. The van der Waals surface area contributed by atoms with Crippen molar-refractivity contribution in [3.63, 3.8) is 0 Å². The maximum absolute atomic E-state index is 5.91. The average molecular weight is 271 g/mol. The normalized spacial score (nSPS) is 16.1. The van der Waals surface area contributed by atoms with Crippen LogP contribution in [0.15, 0.2) is 36.9 Å². The summed E-state index contributed by atoms with van der Waals surface area (Å²) < 4.78 is 5.91. The Morgan fingerprint density at radius 2 is 2.00 bits per heavy atom. The SMILES string of the molecule is Nc1cncc(N2CCC(Oc3cccnc3)CC2)n1. The molecule has 1 saturated heterocycles. The van der Waals surface area contributed by atoms with E-state index in [1.165, 1.54) is 0 Å². The maximum atomic E-state index is 5.91. The molecule has 2 aromatic rings. The molecular formula is C14H17N5O. The number of nitrogen functional groups attached to an aromatic ring is 1. The molecule has 0 aromatic carbocycles. The lowest BCUT2D eigenvalue weighted by atomic mass is 10.1. The van der Waals surface area contributed by atoms with E-state index >= 15 is 0 Å². The number of rotatable bonds is 3. The molecule has 1 aliphatic heterocycles. The number of hydrogen-bond acceptors (Lipinski definition) is 6. The number of ether oxygens (including phenoxy) is 1. The molecule has 2 aromatic heterocycles. The van der Waals surface area contributed by atoms with Gasteiger partial charge in [-0.2, -0.15) is 0 Å². The second-order valence-electron chi connectivity index (χ2n) is 4.80. The van der Waals surface area contributed by atoms with Gasteiger partial charge in [0.05, 0.1) is 18.6 Å². The summed E-state index contributed by atoms with van der Waals surface area (Å²) in [6.45, 7) is 1.78. The molecule has 20 heavy (non-hydrogen) atoms. The van der Waals surface area contributed by atoms with Gasteiger partial charge in [-0.25, -0.2) is 4.98 Å². The molecule has 1 aliphatic rings. The second-order valence-corrected chi connectivity index (χ2v) is 4.80. The monoisotopic (exact) mass is 271 g/mol. The second kappa shape index (κ2) is 5.73. The van der Waals surface area contributed by atoms with Crippen LogP contribution in [-0.4, -0.2) is 34.1 Å². The van der Waals surface area contributed by atoms with Crippen molar-refractivity contribution in [1.29, 1.82) is 0 Å². The lowest BCUT2D eigenvalue weighted by Crippen LogP contribution is -2.38. The highest BCUT2D eigenvalue weighted by molar-refractivity contribution is 5.41. The van der Waals surface area contributed by atoms with Gasteiger partial charge in [-0.3, -0.25) is 9.97 Å². The number of nitrogens with zero attached hydrogens (tertiary/aromatic N) is 4. The first-order chi connectivity index (χ1) is 9.81. The number of nitrogens with two attached hydrogens (primary N) is 1. The van der Waals surface area contributed by atoms with E-state index in [9.17, 15) is 0 Å². The summed E-state index contributed by atoms with van der Waals surface area (Å²) in [5.74, 6) is 2.12. The highest BCUT2D eigenvalue weighted by Gasteiger charge is 2.21. The summed E-state index contributed by atoms with van der Waals surface area (Å²) in [6, 6.07) is 3.82. The largest absolute Gasteiger partial charge is 0.489 e. The fraction of sp³-hybridized carbons (Fsp3) is 0.357. The molecular weight excluding hydrogens is 254 g/mol. The van der Waals surface area contributed by atoms with Crippen molar-refractivity contribution >= 4 is 11.6 Å². The summed E-state index contributed by atoms with van der Waals surface area (Å²) in [5.41, 5.74) is 5.66. The lowest BCUT2D eigenvalue weighted by Gasteiger charge is -2.32. The van der Waals surface area contributed by atoms with Gasteiger partial charge in [0.25, 0.3) is 0 Å². The van der Waals surface area contributed by atoms with E-state index in [1.807, 2.05) is 12.1 Å². The van der Waals surface area contributed by atoms with Gasteiger partial charge in [0, 0.05) is 32.1 Å². The third-order valence-electron chi connectivity index (χ3n) is 3.34. The van der Waals surface area contributed by atoms with Gasteiger partial charge in [0.2, 0.25) is 0 Å². The number of pyridine rings is 1. The van der Waals surface area contributed by atoms with Gasteiger partial charge in [0.1, 0.15) is 23.5 Å². The molecule has 0 radical (unpaired) electrons. The smallest absolute Gasteiger partial charge is 0.149 e. The molecule has 0 spiro atoms.